The molecule has 0 atom stereocenters. The van der Waals surface area contributed by atoms with Crippen LogP contribution in [0.15, 0.2) is 6.20 Å². The van der Waals surface area contributed by atoms with E-state index in [9.17, 15) is 0 Å². The Bertz CT molecular complexity index is 144. The van der Waals surface area contributed by atoms with Gasteiger partial charge in [0.1, 0.15) is 0 Å². The number of nitrogens with zero attached hydrogens (tertiary/aromatic N) is 1. The lowest BCUT2D eigenvalue weighted by molar-refractivity contribution is 1.41. The van der Waals surface area contributed by atoms with Gasteiger partial charge in [-0.3, -0.25) is 0 Å². The first-order valence-corrected chi connectivity index (χ1v) is 2.92. The molecule has 7 heavy (non-hydrogen) atoms. The highest BCUT2D eigenvalue weighted by molar-refractivity contribution is 7.15. The standard InChI is InChI=1S/C4H3ClNS/c1-3-2-6-4(5)7-3/h2H,1H2. The quantitative estimate of drug-likeness (QED) is 0.526. The second-order valence-electron chi connectivity index (χ2n) is 1.08. The fourth-order valence-corrected chi connectivity index (χ4v) is 1.06. The van der Waals surface area contributed by atoms with Gasteiger partial charge in [-0.05, 0) is 6.92 Å². The van der Waals surface area contributed by atoms with Crippen molar-refractivity contribution in [3.63, 3.8) is 0 Å². The maximum atomic E-state index is 5.43. The molecule has 0 aliphatic rings. The SMILES string of the molecule is [CH2]c1cnc(Cl)s1. The number of hydrogen-bond acceptors (Lipinski definition) is 2. The van der Waals surface area contributed by atoms with Gasteiger partial charge in [-0.2, -0.15) is 0 Å². The molecule has 1 rings (SSSR count). The maximum Gasteiger partial charge on any atom is 0.183 e. The lowest BCUT2D eigenvalue weighted by atomic mass is 10.7. The van der Waals surface area contributed by atoms with E-state index in [2.05, 4.69) is 11.9 Å². The summed E-state index contributed by atoms with van der Waals surface area (Å²) < 4.78 is 0.560. The summed E-state index contributed by atoms with van der Waals surface area (Å²) in [5, 5.41) is 0. The largest absolute Gasteiger partial charge is 0.233 e. The lowest BCUT2D eigenvalue weighted by Crippen LogP contribution is -1.50. The van der Waals surface area contributed by atoms with Crippen LogP contribution in [0.3, 0.4) is 0 Å². The Kier molecular flexibility index (Phi) is 1.30. The van der Waals surface area contributed by atoms with Gasteiger partial charge >= 0.3 is 0 Å². The highest BCUT2D eigenvalue weighted by Gasteiger charge is 1.88. The zero-order chi connectivity index (χ0) is 5.28. The van der Waals surface area contributed by atoms with Crippen LogP contribution < -0.4 is 0 Å². The summed E-state index contributed by atoms with van der Waals surface area (Å²) in [6, 6.07) is 0. The summed E-state index contributed by atoms with van der Waals surface area (Å²) in [6.07, 6.45) is 1.65. The van der Waals surface area contributed by atoms with Crippen LogP contribution in [0.5, 0.6) is 0 Å². The second kappa shape index (κ2) is 1.80. The number of rotatable bonds is 0. The normalized spacial score (nSPS) is 9.43. The van der Waals surface area contributed by atoms with E-state index in [-0.39, 0.29) is 0 Å². The number of thiazole rings is 1. The van der Waals surface area contributed by atoms with E-state index in [1.165, 1.54) is 11.3 Å². The molecule has 1 nitrogen and oxygen atoms in total. The van der Waals surface area contributed by atoms with Gasteiger partial charge in [0.05, 0.1) is 0 Å². The molecule has 37 valence electrons. The van der Waals surface area contributed by atoms with E-state index in [0.717, 1.165) is 4.88 Å². The van der Waals surface area contributed by atoms with Gasteiger partial charge in [-0.15, -0.1) is 11.3 Å². The first-order valence-electron chi connectivity index (χ1n) is 1.72. The van der Waals surface area contributed by atoms with Crippen LogP contribution >= 0.6 is 22.9 Å². The van der Waals surface area contributed by atoms with Crippen molar-refractivity contribution in [3.8, 4) is 0 Å². The third-order valence-electron chi connectivity index (χ3n) is 0.525. The van der Waals surface area contributed by atoms with Crippen LogP contribution in [0.2, 0.25) is 4.47 Å². The first kappa shape index (κ1) is 5.06. The summed E-state index contributed by atoms with van der Waals surface area (Å²) in [5.74, 6) is 0. The van der Waals surface area contributed by atoms with Crippen LogP contribution in [0.1, 0.15) is 4.88 Å². The van der Waals surface area contributed by atoms with Crippen LogP contribution in [-0.4, -0.2) is 4.98 Å². The van der Waals surface area contributed by atoms with Gasteiger partial charge in [0.2, 0.25) is 0 Å². The fraction of sp³-hybridized carbons (Fsp3) is 0. The predicted molar refractivity (Wildman–Crippen MR) is 31.6 cm³/mol. The van der Waals surface area contributed by atoms with Crippen LogP contribution in [0, 0.1) is 6.92 Å². The molecule has 1 aromatic heterocycles. The molecule has 0 aromatic carbocycles. The minimum Gasteiger partial charge on any atom is -0.233 e. The van der Waals surface area contributed by atoms with E-state index in [0.29, 0.717) is 4.47 Å². The number of halogens is 1. The summed E-state index contributed by atoms with van der Waals surface area (Å²) in [5.41, 5.74) is 0. The van der Waals surface area contributed by atoms with Crippen LogP contribution in [0.25, 0.3) is 0 Å². The monoisotopic (exact) mass is 132 g/mol. The molecular formula is C4H3ClNS. The van der Waals surface area contributed by atoms with Crippen molar-refractivity contribution in [3.05, 3.63) is 22.5 Å². The topological polar surface area (TPSA) is 12.9 Å². The summed E-state index contributed by atoms with van der Waals surface area (Å²) >= 11 is 6.81. The fourth-order valence-electron chi connectivity index (χ4n) is 0.284. The van der Waals surface area contributed by atoms with Crippen molar-refractivity contribution in [1.82, 2.24) is 4.98 Å². The first-order chi connectivity index (χ1) is 3.29. The molecular weight excluding hydrogens is 130 g/mol. The molecule has 0 saturated carbocycles. The average molecular weight is 133 g/mol. The van der Waals surface area contributed by atoms with Crippen LogP contribution in [-0.2, 0) is 0 Å². The molecule has 0 amide bonds. The summed E-state index contributed by atoms with van der Waals surface area (Å²) in [4.78, 5) is 4.65. The van der Waals surface area contributed by atoms with Gasteiger partial charge in [0, 0.05) is 11.1 Å². The highest BCUT2D eigenvalue weighted by atomic mass is 35.5. The molecule has 0 saturated heterocycles. The Morgan fingerprint density at radius 3 is 2.71 bits per heavy atom. The molecule has 0 aliphatic heterocycles. The Morgan fingerprint density at radius 1 is 1.86 bits per heavy atom. The van der Waals surface area contributed by atoms with E-state index in [1.807, 2.05) is 0 Å². The molecule has 0 unspecified atom stereocenters. The average Bonchev–Trinajstić information content (AvgIpc) is 1.87. The van der Waals surface area contributed by atoms with E-state index in [1.54, 1.807) is 6.20 Å². The Hall–Kier alpha value is -0.0800. The highest BCUT2D eigenvalue weighted by Crippen LogP contribution is 2.15. The van der Waals surface area contributed by atoms with Crippen molar-refractivity contribution in [2.45, 2.75) is 0 Å². The van der Waals surface area contributed by atoms with Gasteiger partial charge in [0.15, 0.2) is 4.47 Å². The Labute approximate surface area is 51.0 Å². The van der Waals surface area contributed by atoms with Crippen molar-refractivity contribution in [1.29, 1.82) is 0 Å². The Balaban J connectivity index is 3.04. The Morgan fingerprint density at radius 2 is 2.57 bits per heavy atom. The zero-order valence-corrected chi connectivity index (χ0v) is 5.09. The number of aromatic nitrogens is 1. The van der Waals surface area contributed by atoms with Gasteiger partial charge < -0.3 is 0 Å². The number of hydrogen-bond donors (Lipinski definition) is 0. The van der Waals surface area contributed by atoms with E-state index < -0.39 is 0 Å². The molecule has 0 aliphatic carbocycles. The second-order valence-corrected chi connectivity index (χ2v) is 2.78. The third-order valence-corrected chi connectivity index (χ3v) is 1.50. The summed E-state index contributed by atoms with van der Waals surface area (Å²) in [7, 11) is 0. The molecule has 0 spiro atoms. The minimum absolute atomic E-state index is 0.560. The third kappa shape index (κ3) is 1.14. The van der Waals surface area contributed by atoms with Crippen molar-refractivity contribution >= 4 is 22.9 Å². The summed E-state index contributed by atoms with van der Waals surface area (Å²) in [6.45, 7) is 3.61. The van der Waals surface area contributed by atoms with Crippen LogP contribution in [0.4, 0.5) is 0 Å². The van der Waals surface area contributed by atoms with Crippen molar-refractivity contribution in [2.75, 3.05) is 0 Å². The molecule has 1 aromatic rings. The van der Waals surface area contributed by atoms with E-state index in [4.69, 9.17) is 11.6 Å². The molecule has 0 fully saturated rings. The predicted octanol–water partition coefficient (Wildman–Crippen LogP) is 1.98. The molecule has 1 radical (unpaired) electrons. The minimum atomic E-state index is 0.560. The van der Waals surface area contributed by atoms with Gasteiger partial charge in [-0.1, -0.05) is 11.6 Å². The maximum absolute atomic E-state index is 5.43. The van der Waals surface area contributed by atoms with Gasteiger partial charge in [0.25, 0.3) is 0 Å². The smallest absolute Gasteiger partial charge is 0.183 e. The molecule has 0 N–H and O–H groups in total. The van der Waals surface area contributed by atoms with Crippen molar-refractivity contribution in [2.24, 2.45) is 0 Å². The van der Waals surface area contributed by atoms with Crippen molar-refractivity contribution < 1.29 is 0 Å². The molecule has 1 heterocycles. The molecule has 0 bridgehead atoms. The van der Waals surface area contributed by atoms with E-state index >= 15 is 0 Å². The molecule has 3 heteroatoms. The van der Waals surface area contributed by atoms with Gasteiger partial charge in [-0.25, -0.2) is 4.98 Å². The zero-order valence-electron chi connectivity index (χ0n) is 3.52. The lowest BCUT2D eigenvalue weighted by Gasteiger charge is -1.66.